The van der Waals surface area contributed by atoms with Crippen LogP contribution >= 0.6 is 0 Å². The number of ether oxygens (including phenoxy) is 1. The van der Waals surface area contributed by atoms with Crippen LogP contribution in [0.25, 0.3) is 0 Å². The van der Waals surface area contributed by atoms with E-state index < -0.39 is 12.0 Å². The molecule has 1 saturated heterocycles. The van der Waals surface area contributed by atoms with Gasteiger partial charge in [0.05, 0.1) is 17.4 Å². The zero-order valence-electron chi connectivity index (χ0n) is 11.5. The summed E-state index contributed by atoms with van der Waals surface area (Å²) in [6, 6.07) is 3.24. The first-order chi connectivity index (χ1) is 10.1. The van der Waals surface area contributed by atoms with E-state index in [9.17, 15) is 14.7 Å². The molecular formula is C14H18N2O5. The van der Waals surface area contributed by atoms with Crippen LogP contribution in [-0.4, -0.2) is 41.5 Å². The number of urea groups is 1. The topological polar surface area (TPSA) is 108 Å². The van der Waals surface area contributed by atoms with Gasteiger partial charge in [-0.3, -0.25) is 0 Å². The quantitative estimate of drug-likeness (QED) is 0.633. The van der Waals surface area contributed by atoms with Crippen molar-refractivity contribution in [1.82, 2.24) is 5.32 Å². The Morgan fingerprint density at radius 2 is 2.14 bits per heavy atom. The maximum Gasteiger partial charge on any atom is 0.337 e. The van der Waals surface area contributed by atoms with Crippen molar-refractivity contribution in [2.75, 3.05) is 18.5 Å². The van der Waals surface area contributed by atoms with Crippen molar-refractivity contribution >= 4 is 17.7 Å². The maximum atomic E-state index is 11.8. The standard InChI is InChI=1S/C14H18N2O5/c17-9-4-5-12(11(7-9)13(18)19)16-14(20)15-8-10-3-1-2-6-21-10/h4-5,7,10,17H,1-3,6,8H2,(H,18,19)(H2,15,16,20). The van der Waals surface area contributed by atoms with E-state index in [-0.39, 0.29) is 23.1 Å². The summed E-state index contributed by atoms with van der Waals surface area (Å²) in [5.74, 6) is -1.40. The number of carbonyl (C=O) groups is 2. The van der Waals surface area contributed by atoms with Crippen molar-refractivity contribution in [3.05, 3.63) is 23.8 Å². The van der Waals surface area contributed by atoms with Gasteiger partial charge in [0.1, 0.15) is 5.75 Å². The number of hydrogen-bond acceptors (Lipinski definition) is 4. The molecule has 1 aliphatic rings. The summed E-state index contributed by atoms with van der Waals surface area (Å²) in [4.78, 5) is 22.8. The second-order valence-corrected chi connectivity index (χ2v) is 4.86. The molecule has 1 aromatic rings. The van der Waals surface area contributed by atoms with Gasteiger partial charge < -0.3 is 25.6 Å². The number of aromatic carboxylic acids is 1. The number of phenolic OH excluding ortho intramolecular Hbond substituents is 1. The van der Waals surface area contributed by atoms with Gasteiger partial charge in [0, 0.05) is 13.2 Å². The second-order valence-electron chi connectivity index (χ2n) is 4.86. The minimum Gasteiger partial charge on any atom is -0.508 e. The monoisotopic (exact) mass is 294 g/mol. The molecule has 1 aromatic carbocycles. The van der Waals surface area contributed by atoms with Crippen molar-refractivity contribution < 1.29 is 24.5 Å². The third kappa shape index (κ3) is 4.35. The van der Waals surface area contributed by atoms with Crippen molar-refractivity contribution in [2.24, 2.45) is 0 Å². The zero-order chi connectivity index (χ0) is 15.2. The molecule has 2 amide bonds. The summed E-state index contributed by atoms with van der Waals surface area (Å²) >= 11 is 0. The van der Waals surface area contributed by atoms with E-state index in [1.54, 1.807) is 0 Å². The molecule has 0 radical (unpaired) electrons. The van der Waals surface area contributed by atoms with Gasteiger partial charge in [0.25, 0.3) is 0 Å². The molecule has 1 unspecified atom stereocenters. The molecule has 21 heavy (non-hydrogen) atoms. The third-order valence-electron chi connectivity index (χ3n) is 3.25. The van der Waals surface area contributed by atoms with Crippen LogP contribution in [-0.2, 0) is 4.74 Å². The van der Waals surface area contributed by atoms with E-state index in [1.165, 1.54) is 12.1 Å². The molecular weight excluding hydrogens is 276 g/mol. The highest BCUT2D eigenvalue weighted by Crippen LogP contribution is 2.21. The first kappa shape index (κ1) is 15.1. The molecule has 7 nitrogen and oxygen atoms in total. The van der Waals surface area contributed by atoms with Gasteiger partial charge in [-0.1, -0.05) is 0 Å². The number of nitrogens with one attached hydrogen (secondary N) is 2. The summed E-state index contributed by atoms with van der Waals surface area (Å²) in [6.45, 7) is 1.08. The lowest BCUT2D eigenvalue weighted by Gasteiger charge is -2.22. The van der Waals surface area contributed by atoms with Crippen LogP contribution in [0.15, 0.2) is 18.2 Å². The Bertz CT molecular complexity index is 526. The summed E-state index contributed by atoms with van der Waals surface area (Å²) in [5, 5.41) is 23.4. The van der Waals surface area contributed by atoms with Gasteiger partial charge >= 0.3 is 12.0 Å². The number of carbonyl (C=O) groups excluding carboxylic acids is 1. The number of anilines is 1. The number of aromatic hydroxyl groups is 1. The molecule has 0 spiro atoms. The Labute approximate surface area is 121 Å². The van der Waals surface area contributed by atoms with Crippen LogP contribution < -0.4 is 10.6 Å². The number of carboxylic acids is 1. The molecule has 0 saturated carbocycles. The van der Waals surface area contributed by atoms with Gasteiger partial charge in [0.15, 0.2) is 0 Å². The van der Waals surface area contributed by atoms with Crippen LogP contribution in [0.1, 0.15) is 29.6 Å². The smallest absolute Gasteiger partial charge is 0.337 e. The maximum absolute atomic E-state index is 11.8. The van der Waals surface area contributed by atoms with Crippen LogP contribution in [0, 0.1) is 0 Å². The average Bonchev–Trinajstić information content (AvgIpc) is 2.48. The van der Waals surface area contributed by atoms with Gasteiger partial charge in [-0.2, -0.15) is 0 Å². The summed E-state index contributed by atoms with van der Waals surface area (Å²) in [5.41, 5.74) is -0.0403. The van der Waals surface area contributed by atoms with Crippen LogP contribution in [0.4, 0.5) is 10.5 Å². The molecule has 1 heterocycles. The molecule has 7 heteroatoms. The van der Waals surface area contributed by atoms with Gasteiger partial charge in [-0.25, -0.2) is 9.59 Å². The normalized spacial score (nSPS) is 18.0. The Morgan fingerprint density at radius 3 is 2.81 bits per heavy atom. The Balaban J connectivity index is 1.91. The van der Waals surface area contributed by atoms with Crippen molar-refractivity contribution in [2.45, 2.75) is 25.4 Å². The minimum absolute atomic E-state index is 0.00302. The van der Waals surface area contributed by atoms with Crippen LogP contribution in [0.2, 0.25) is 0 Å². The van der Waals surface area contributed by atoms with E-state index in [2.05, 4.69) is 10.6 Å². The lowest BCUT2D eigenvalue weighted by atomic mass is 10.1. The van der Waals surface area contributed by atoms with E-state index in [1.807, 2.05) is 0 Å². The van der Waals surface area contributed by atoms with Crippen molar-refractivity contribution in [1.29, 1.82) is 0 Å². The third-order valence-corrected chi connectivity index (χ3v) is 3.25. The van der Waals surface area contributed by atoms with Crippen molar-refractivity contribution in [3.63, 3.8) is 0 Å². The lowest BCUT2D eigenvalue weighted by molar-refractivity contribution is 0.0187. The van der Waals surface area contributed by atoms with Crippen LogP contribution in [0.5, 0.6) is 5.75 Å². The molecule has 0 bridgehead atoms. The van der Waals surface area contributed by atoms with E-state index in [4.69, 9.17) is 9.84 Å². The Morgan fingerprint density at radius 1 is 1.33 bits per heavy atom. The second kappa shape index (κ2) is 6.94. The average molecular weight is 294 g/mol. The minimum atomic E-state index is -1.23. The Kier molecular flexibility index (Phi) is 4.99. The van der Waals surface area contributed by atoms with Gasteiger partial charge in [0.2, 0.25) is 0 Å². The van der Waals surface area contributed by atoms with Crippen LogP contribution in [0.3, 0.4) is 0 Å². The molecule has 0 aliphatic carbocycles. The predicted molar refractivity (Wildman–Crippen MR) is 75.7 cm³/mol. The SMILES string of the molecule is O=C(NCC1CCCCO1)Nc1ccc(O)cc1C(=O)O. The highest BCUT2D eigenvalue weighted by Gasteiger charge is 2.16. The largest absolute Gasteiger partial charge is 0.508 e. The fourth-order valence-corrected chi connectivity index (χ4v) is 2.16. The van der Waals surface area contributed by atoms with E-state index >= 15 is 0 Å². The molecule has 0 aromatic heterocycles. The number of benzene rings is 1. The van der Waals surface area contributed by atoms with Gasteiger partial charge in [-0.15, -0.1) is 0 Å². The molecule has 4 N–H and O–H groups in total. The summed E-state index contributed by atoms with van der Waals surface area (Å²) in [7, 11) is 0. The number of amides is 2. The van der Waals surface area contributed by atoms with E-state index in [0.29, 0.717) is 13.2 Å². The lowest BCUT2D eigenvalue weighted by Crippen LogP contribution is -2.38. The fourth-order valence-electron chi connectivity index (χ4n) is 2.16. The summed E-state index contributed by atoms with van der Waals surface area (Å²) < 4.78 is 5.49. The first-order valence-electron chi connectivity index (χ1n) is 6.79. The highest BCUT2D eigenvalue weighted by molar-refractivity contribution is 6.00. The first-order valence-corrected chi connectivity index (χ1v) is 6.79. The van der Waals surface area contributed by atoms with Gasteiger partial charge in [-0.05, 0) is 37.5 Å². The molecule has 1 fully saturated rings. The molecule has 2 rings (SSSR count). The highest BCUT2D eigenvalue weighted by atomic mass is 16.5. The fraction of sp³-hybridized carbons (Fsp3) is 0.429. The molecule has 114 valence electrons. The molecule has 1 atom stereocenters. The predicted octanol–water partition coefficient (Wildman–Crippen LogP) is 1.78. The number of carboxylic acid groups (broad SMARTS) is 1. The molecule has 1 aliphatic heterocycles. The number of phenols is 1. The number of hydrogen-bond donors (Lipinski definition) is 4. The Hall–Kier alpha value is -2.28. The zero-order valence-corrected chi connectivity index (χ0v) is 11.5. The summed E-state index contributed by atoms with van der Waals surface area (Å²) in [6.07, 6.45) is 3.02. The van der Waals surface area contributed by atoms with Crippen molar-refractivity contribution in [3.8, 4) is 5.75 Å². The van der Waals surface area contributed by atoms with E-state index in [0.717, 1.165) is 25.3 Å². The number of rotatable bonds is 4.